The first-order valence-corrected chi connectivity index (χ1v) is 6.84. The van der Waals surface area contributed by atoms with Crippen LogP contribution in [-0.4, -0.2) is 12.4 Å². The lowest BCUT2D eigenvalue weighted by Crippen LogP contribution is -2.10. The van der Waals surface area contributed by atoms with E-state index in [9.17, 15) is 9.18 Å². The normalized spacial score (nSPS) is 10.4. The number of aryl methyl sites for hydroxylation is 1. The van der Waals surface area contributed by atoms with Gasteiger partial charge in [-0.1, -0.05) is 15.9 Å². The molecule has 0 radical (unpaired) electrons. The van der Waals surface area contributed by atoms with Crippen molar-refractivity contribution in [3.63, 3.8) is 0 Å². The molecular formula is C13H10BrFO2S. The van der Waals surface area contributed by atoms with Crippen molar-refractivity contribution in [2.75, 3.05) is 6.61 Å². The number of carbonyl (C=O) groups is 1. The predicted molar refractivity (Wildman–Crippen MR) is 73.0 cm³/mol. The summed E-state index contributed by atoms with van der Waals surface area (Å²) >= 11 is 4.56. The Bertz CT molecular complexity index is 580. The molecule has 0 amide bonds. The second-order valence-corrected chi connectivity index (χ2v) is 5.90. The molecule has 94 valence electrons. The van der Waals surface area contributed by atoms with Crippen molar-refractivity contribution >= 4 is 33.0 Å². The number of hydrogen-bond donors (Lipinski definition) is 0. The van der Waals surface area contributed by atoms with Gasteiger partial charge in [0.15, 0.2) is 18.2 Å². The van der Waals surface area contributed by atoms with Crippen LogP contribution in [0.5, 0.6) is 5.75 Å². The van der Waals surface area contributed by atoms with E-state index in [1.165, 1.54) is 23.5 Å². The number of halogens is 2. The first-order valence-electron chi connectivity index (χ1n) is 5.24. The van der Waals surface area contributed by atoms with E-state index in [1.807, 2.05) is 13.0 Å². The number of hydrogen-bond acceptors (Lipinski definition) is 3. The fourth-order valence-electron chi connectivity index (χ4n) is 1.39. The maximum atomic E-state index is 13.4. The first-order chi connectivity index (χ1) is 8.56. The molecule has 0 bridgehead atoms. The SMILES string of the molecule is Cc1ccc(C(=O)COc2ccc(Br)cc2F)s1. The molecule has 2 aromatic rings. The van der Waals surface area contributed by atoms with E-state index in [0.29, 0.717) is 9.35 Å². The third-order valence-electron chi connectivity index (χ3n) is 2.27. The van der Waals surface area contributed by atoms with Crippen LogP contribution in [0, 0.1) is 12.7 Å². The summed E-state index contributed by atoms with van der Waals surface area (Å²) in [6.07, 6.45) is 0. The minimum absolute atomic E-state index is 0.0832. The Morgan fingerprint density at radius 2 is 2.17 bits per heavy atom. The number of benzene rings is 1. The molecule has 0 fully saturated rings. The van der Waals surface area contributed by atoms with Crippen molar-refractivity contribution in [3.8, 4) is 5.75 Å². The highest BCUT2D eigenvalue weighted by Crippen LogP contribution is 2.22. The van der Waals surface area contributed by atoms with Crippen LogP contribution in [0.15, 0.2) is 34.8 Å². The van der Waals surface area contributed by atoms with Crippen LogP contribution in [0.4, 0.5) is 4.39 Å². The van der Waals surface area contributed by atoms with Gasteiger partial charge in [0.2, 0.25) is 5.78 Å². The second kappa shape index (κ2) is 5.63. The van der Waals surface area contributed by atoms with Crippen LogP contribution in [0.25, 0.3) is 0 Å². The van der Waals surface area contributed by atoms with Gasteiger partial charge in [-0.2, -0.15) is 0 Å². The highest BCUT2D eigenvalue weighted by molar-refractivity contribution is 9.10. The zero-order valence-electron chi connectivity index (χ0n) is 9.57. The lowest BCUT2D eigenvalue weighted by molar-refractivity contribution is 0.0923. The molecule has 2 rings (SSSR count). The van der Waals surface area contributed by atoms with Gasteiger partial charge < -0.3 is 4.74 Å². The van der Waals surface area contributed by atoms with Crippen LogP contribution >= 0.6 is 27.3 Å². The Hall–Kier alpha value is -1.20. The van der Waals surface area contributed by atoms with Gasteiger partial charge in [0.25, 0.3) is 0 Å². The summed E-state index contributed by atoms with van der Waals surface area (Å²) in [5.41, 5.74) is 0. The van der Waals surface area contributed by atoms with E-state index < -0.39 is 5.82 Å². The number of rotatable bonds is 4. The summed E-state index contributed by atoms with van der Waals surface area (Å²) in [5, 5.41) is 0. The summed E-state index contributed by atoms with van der Waals surface area (Å²) in [5.74, 6) is -0.546. The summed E-state index contributed by atoms with van der Waals surface area (Å²) in [7, 11) is 0. The zero-order chi connectivity index (χ0) is 13.1. The average Bonchev–Trinajstić information content (AvgIpc) is 2.74. The van der Waals surface area contributed by atoms with Crippen LogP contribution in [0.1, 0.15) is 14.5 Å². The van der Waals surface area contributed by atoms with E-state index >= 15 is 0 Å². The molecule has 18 heavy (non-hydrogen) atoms. The maximum Gasteiger partial charge on any atom is 0.210 e. The molecule has 0 saturated carbocycles. The molecule has 1 heterocycles. The van der Waals surface area contributed by atoms with Crippen molar-refractivity contribution in [3.05, 3.63) is 50.4 Å². The van der Waals surface area contributed by atoms with Gasteiger partial charge in [-0.05, 0) is 37.3 Å². The van der Waals surface area contributed by atoms with Gasteiger partial charge >= 0.3 is 0 Å². The average molecular weight is 329 g/mol. The van der Waals surface area contributed by atoms with E-state index in [2.05, 4.69) is 15.9 Å². The van der Waals surface area contributed by atoms with E-state index in [0.717, 1.165) is 4.88 Å². The van der Waals surface area contributed by atoms with Gasteiger partial charge in [-0.15, -0.1) is 11.3 Å². The molecule has 0 aliphatic rings. The topological polar surface area (TPSA) is 26.3 Å². The van der Waals surface area contributed by atoms with Crippen molar-refractivity contribution in [2.24, 2.45) is 0 Å². The summed E-state index contributed by atoms with van der Waals surface area (Å²) in [6, 6.07) is 8.08. The largest absolute Gasteiger partial charge is 0.482 e. The Kier molecular flexibility index (Phi) is 4.14. The quantitative estimate of drug-likeness (QED) is 0.785. The fraction of sp³-hybridized carbons (Fsp3) is 0.154. The van der Waals surface area contributed by atoms with Gasteiger partial charge in [-0.25, -0.2) is 4.39 Å². The van der Waals surface area contributed by atoms with Gasteiger partial charge in [0.05, 0.1) is 4.88 Å². The van der Waals surface area contributed by atoms with E-state index in [1.54, 1.807) is 12.1 Å². The third-order valence-corrected chi connectivity index (χ3v) is 3.80. The Balaban J connectivity index is 2.01. The molecule has 0 aliphatic heterocycles. The molecule has 0 atom stereocenters. The van der Waals surface area contributed by atoms with E-state index in [4.69, 9.17) is 4.74 Å². The van der Waals surface area contributed by atoms with E-state index in [-0.39, 0.29) is 18.1 Å². The van der Waals surface area contributed by atoms with Crippen molar-refractivity contribution in [1.82, 2.24) is 0 Å². The number of ether oxygens (including phenoxy) is 1. The fourth-order valence-corrected chi connectivity index (χ4v) is 2.52. The molecule has 5 heteroatoms. The molecule has 0 unspecified atom stereocenters. The van der Waals surface area contributed by atoms with Crippen LogP contribution < -0.4 is 4.74 Å². The number of thiophene rings is 1. The molecule has 1 aromatic heterocycles. The van der Waals surface area contributed by atoms with Gasteiger partial charge in [0.1, 0.15) is 0 Å². The minimum Gasteiger partial charge on any atom is -0.482 e. The Morgan fingerprint density at radius 3 is 2.78 bits per heavy atom. The standard InChI is InChI=1S/C13H10BrFO2S/c1-8-2-5-13(18-8)11(16)7-17-12-4-3-9(14)6-10(12)15/h2-6H,7H2,1H3. The molecule has 0 N–H and O–H groups in total. The summed E-state index contributed by atoms with van der Waals surface area (Å²) < 4.78 is 19.3. The number of carbonyl (C=O) groups excluding carboxylic acids is 1. The maximum absolute atomic E-state index is 13.4. The van der Waals surface area contributed by atoms with Crippen molar-refractivity contribution in [1.29, 1.82) is 0 Å². The van der Waals surface area contributed by atoms with Gasteiger partial charge in [-0.3, -0.25) is 4.79 Å². The molecule has 1 aromatic carbocycles. The molecule has 0 aliphatic carbocycles. The Morgan fingerprint density at radius 1 is 1.39 bits per heavy atom. The third kappa shape index (κ3) is 3.17. The number of ketones is 1. The summed E-state index contributed by atoms with van der Waals surface area (Å²) in [6.45, 7) is 1.77. The molecule has 2 nitrogen and oxygen atoms in total. The lowest BCUT2D eigenvalue weighted by Gasteiger charge is -2.05. The molecule has 0 saturated heterocycles. The van der Waals surface area contributed by atoms with Crippen molar-refractivity contribution < 1.29 is 13.9 Å². The monoisotopic (exact) mass is 328 g/mol. The highest BCUT2D eigenvalue weighted by Gasteiger charge is 2.11. The van der Waals surface area contributed by atoms with Crippen LogP contribution in [0.2, 0.25) is 0 Å². The second-order valence-electron chi connectivity index (χ2n) is 3.70. The number of Topliss-reactive ketones (excluding diaryl/α,β-unsaturated/α-hetero) is 1. The lowest BCUT2D eigenvalue weighted by atomic mass is 10.3. The zero-order valence-corrected chi connectivity index (χ0v) is 12.0. The van der Waals surface area contributed by atoms with Gasteiger partial charge in [0, 0.05) is 9.35 Å². The first kappa shape index (κ1) is 13.2. The smallest absolute Gasteiger partial charge is 0.210 e. The Labute approximate surface area is 117 Å². The molecule has 0 spiro atoms. The van der Waals surface area contributed by atoms with Crippen LogP contribution in [-0.2, 0) is 0 Å². The highest BCUT2D eigenvalue weighted by atomic mass is 79.9. The predicted octanol–water partition coefficient (Wildman–Crippen LogP) is 4.22. The summed E-state index contributed by atoms with van der Waals surface area (Å²) in [4.78, 5) is 13.5. The van der Waals surface area contributed by atoms with Crippen LogP contribution in [0.3, 0.4) is 0 Å². The minimum atomic E-state index is -0.487. The molecular weight excluding hydrogens is 319 g/mol. The van der Waals surface area contributed by atoms with Crippen molar-refractivity contribution in [2.45, 2.75) is 6.92 Å².